The molecule has 0 radical (unpaired) electrons. The van der Waals surface area contributed by atoms with E-state index in [9.17, 15) is 4.79 Å². The molecule has 0 saturated heterocycles. The maximum atomic E-state index is 12.9. The second-order valence-electron chi connectivity index (χ2n) is 6.75. The molecule has 0 amide bonds. The van der Waals surface area contributed by atoms with Crippen molar-refractivity contribution in [1.29, 1.82) is 0 Å². The van der Waals surface area contributed by atoms with E-state index in [0.29, 0.717) is 30.4 Å². The number of nitrogens with zero attached hydrogens (tertiary/aromatic N) is 5. The number of para-hydroxylation sites is 1. The highest BCUT2D eigenvalue weighted by Gasteiger charge is 2.21. The Morgan fingerprint density at radius 3 is 3.00 bits per heavy atom. The minimum absolute atomic E-state index is 0.0651. The van der Waals surface area contributed by atoms with Crippen molar-refractivity contribution < 1.29 is 14.6 Å². The van der Waals surface area contributed by atoms with Gasteiger partial charge in [-0.3, -0.25) is 18.8 Å². The molecule has 1 aliphatic heterocycles. The Bertz CT molecular complexity index is 1050. The van der Waals surface area contributed by atoms with Crippen molar-refractivity contribution >= 4 is 17.1 Å². The van der Waals surface area contributed by atoms with E-state index in [1.807, 2.05) is 24.3 Å². The summed E-state index contributed by atoms with van der Waals surface area (Å²) in [6.45, 7) is 2.11. The lowest BCUT2D eigenvalue weighted by atomic mass is 10.1. The molecular formula is C19H24N6O4. The van der Waals surface area contributed by atoms with Gasteiger partial charge in [-0.2, -0.15) is 4.98 Å². The molecule has 2 aromatic heterocycles. The molecule has 10 nitrogen and oxygen atoms in total. The van der Waals surface area contributed by atoms with E-state index >= 15 is 0 Å². The SMILES string of the molecule is COc1ccccc1CCN1CNc2nc3c(ncn3COCCO)c(=O)n2C1. The van der Waals surface area contributed by atoms with Gasteiger partial charge in [0.2, 0.25) is 5.95 Å². The largest absolute Gasteiger partial charge is 0.496 e. The van der Waals surface area contributed by atoms with Gasteiger partial charge in [0, 0.05) is 6.54 Å². The first-order valence-corrected chi connectivity index (χ1v) is 9.43. The Labute approximate surface area is 167 Å². The lowest BCUT2D eigenvalue weighted by Gasteiger charge is -2.30. The molecule has 0 bridgehead atoms. The van der Waals surface area contributed by atoms with E-state index in [1.54, 1.807) is 16.2 Å². The Hall–Kier alpha value is -2.95. The van der Waals surface area contributed by atoms with Gasteiger partial charge in [-0.05, 0) is 18.1 Å². The van der Waals surface area contributed by atoms with Crippen LogP contribution in [0.4, 0.5) is 5.95 Å². The Morgan fingerprint density at radius 2 is 2.17 bits per heavy atom. The highest BCUT2D eigenvalue weighted by atomic mass is 16.5. The molecule has 29 heavy (non-hydrogen) atoms. The molecular weight excluding hydrogens is 376 g/mol. The van der Waals surface area contributed by atoms with E-state index in [0.717, 1.165) is 24.3 Å². The number of aliphatic hydroxyl groups is 1. The van der Waals surface area contributed by atoms with Crippen molar-refractivity contribution in [3.05, 3.63) is 46.5 Å². The van der Waals surface area contributed by atoms with E-state index < -0.39 is 0 Å². The smallest absolute Gasteiger partial charge is 0.284 e. The van der Waals surface area contributed by atoms with Crippen molar-refractivity contribution in [1.82, 2.24) is 24.0 Å². The van der Waals surface area contributed by atoms with Crippen LogP contribution in [0.25, 0.3) is 11.2 Å². The fraction of sp³-hybridized carbons (Fsp3) is 0.421. The van der Waals surface area contributed by atoms with Crippen molar-refractivity contribution in [3.8, 4) is 5.75 Å². The summed E-state index contributed by atoms with van der Waals surface area (Å²) >= 11 is 0. The molecule has 2 N–H and O–H groups in total. The molecule has 0 unspecified atom stereocenters. The second kappa shape index (κ2) is 8.60. The number of hydrogen-bond acceptors (Lipinski definition) is 8. The summed E-state index contributed by atoms with van der Waals surface area (Å²) in [6.07, 6.45) is 2.34. The molecule has 1 aromatic carbocycles. The summed E-state index contributed by atoms with van der Waals surface area (Å²) in [5.74, 6) is 1.38. The van der Waals surface area contributed by atoms with Crippen LogP contribution in [-0.2, 0) is 24.6 Å². The highest BCUT2D eigenvalue weighted by Crippen LogP contribution is 2.19. The summed E-state index contributed by atoms with van der Waals surface area (Å²) in [5, 5.41) is 12.1. The van der Waals surface area contributed by atoms with Crippen LogP contribution in [0.2, 0.25) is 0 Å². The third-order valence-corrected chi connectivity index (χ3v) is 4.88. The Morgan fingerprint density at radius 1 is 1.31 bits per heavy atom. The predicted molar refractivity (Wildman–Crippen MR) is 107 cm³/mol. The van der Waals surface area contributed by atoms with Crippen LogP contribution in [-0.4, -0.2) is 62.6 Å². The maximum absolute atomic E-state index is 12.9. The van der Waals surface area contributed by atoms with Gasteiger partial charge < -0.3 is 19.9 Å². The number of aliphatic hydroxyl groups excluding tert-OH is 1. The van der Waals surface area contributed by atoms with Crippen molar-refractivity contribution in [2.45, 2.75) is 19.8 Å². The van der Waals surface area contributed by atoms with Crippen LogP contribution in [0.15, 0.2) is 35.4 Å². The zero-order valence-corrected chi connectivity index (χ0v) is 16.2. The number of rotatable bonds is 8. The second-order valence-corrected chi connectivity index (χ2v) is 6.75. The molecule has 0 saturated carbocycles. The summed E-state index contributed by atoms with van der Waals surface area (Å²) in [7, 11) is 1.67. The van der Waals surface area contributed by atoms with E-state index in [1.165, 1.54) is 6.33 Å². The fourth-order valence-corrected chi connectivity index (χ4v) is 3.39. The molecule has 3 heterocycles. The average molecular weight is 400 g/mol. The minimum Gasteiger partial charge on any atom is -0.496 e. The highest BCUT2D eigenvalue weighted by molar-refractivity contribution is 5.71. The van der Waals surface area contributed by atoms with Crippen LogP contribution < -0.4 is 15.6 Å². The van der Waals surface area contributed by atoms with Gasteiger partial charge in [0.15, 0.2) is 11.2 Å². The monoisotopic (exact) mass is 400 g/mol. The van der Waals surface area contributed by atoms with E-state index in [4.69, 9.17) is 14.6 Å². The maximum Gasteiger partial charge on any atom is 0.284 e. The topological polar surface area (TPSA) is 107 Å². The first kappa shape index (κ1) is 19.4. The Balaban J connectivity index is 1.50. The number of imidazole rings is 1. The standard InChI is InChI=1S/C19H24N6O4/c1-28-15-5-3-2-4-14(15)6-7-23-10-21-19-22-17-16(18(27)25(19)12-23)20-11-24(17)13-29-9-8-26/h2-5,11,26H,6-10,12-13H2,1H3,(H,21,22). The van der Waals surface area contributed by atoms with Gasteiger partial charge in [-0.1, -0.05) is 18.2 Å². The van der Waals surface area contributed by atoms with Gasteiger partial charge in [0.25, 0.3) is 5.56 Å². The normalized spacial score (nSPS) is 14.0. The lowest BCUT2D eigenvalue weighted by molar-refractivity contribution is 0.0499. The molecule has 10 heteroatoms. The molecule has 0 fully saturated rings. The van der Waals surface area contributed by atoms with Crippen molar-refractivity contribution in [3.63, 3.8) is 0 Å². The number of hydrogen-bond donors (Lipinski definition) is 2. The molecule has 1 aliphatic rings. The number of ether oxygens (including phenoxy) is 2. The van der Waals surface area contributed by atoms with Crippen LogP contribution in [0.3, 0.4) is 0 Å². The predicted octanol–water partition coefficient (Wildman–Crippen LogP) is 0.453. The zero-order chi connectivity index (χ0) is 20.2. The summed E-state index contributed by atoms with van der Waals surface area (Å²) in [5.41, 5.74) is 1.70. The van der Waals surface area contributed by atoms with E-state index in [2.05, 4.69) is 20.2 Å². The number of anilines is 1. The molecule has 3 aromatic rings. The van der Waals surface area contributed by atoms with Gasteiger partial charge in [0.05, 0.1) is 40.0 Å². The summed E-state index contributed by atoms with van der Waals surface area (Å²) < 4.78 is 14.0. The molecule has 0 aliphatic carbocycles. The van der Waals surface area contributed by atoms with E-state index in [-0.39, 0.29) is 25.5 Å². The van der Waals surface area contributed by atoms with Crippen LogP contribution in [0, 0.1) is 0 Å². The molecule has 0 atom stereocenters. The van der Waals surface area contributed by atoms with Crippen LogP contribution in [0.5, 0.6) is 5.75 Å². The number of nitrogens with one attached hydrogen (secondary N) is 1. The third-order valence-electron chi connectivity index (χ3n) is 4.88. The summed E-state index contributed by atoms with van der Waals surface area (Å²) in [4.78, 5) is 23.8. The summed E-state index contributed by atoms with van der Waals surface area (Å²) in [6, 6.07) is 7.94. The van der Waals surface area contributed by atoms with Gasteiger partial charge in [-0.25, -0.2) is 4.98 Å². The van der Waals surface area contributed by atoms with Gasteiger partial charge in [-0.15, -0.1) is 0 Å². The zero-order valence-electron chi connectivity index (χ0n) is 16.2. The first-order valence-electron chi connectivity index (χ1n) is 9.43. The van der Waals surface area contributed by atoms with Crippen LogP contribution in [0.1, 0.15) is 5.56 Å². The Kier molecular flexibility index (Phi) is 5.74. The van der Waals surface area contributed by atoms with Crippen molar-refractivity contribution in [2.75, 3.05) is 38.9 Å². The molecule has 0 spiro atoms. The van der Waals surface area contributed by atoms with Gasteiger partial charge in [0.1, 0.15) is 12.5 Å². The number of aromatic nitrogens is 4. The molecule has 154 valence electrons. The number of benzene rings is 1. The third kappa shape index (κ3) is 3.95. The van der Waals surface area contributed by atoms with Gasteiger partial charge >= 0.3 is 0 Å². The minimum atomic E-state index is -0.194. The molecule has 4 rings (SSSR count). The average Bonchev–Trinajstić information content (AvgIpc) is 3.16. The first-order chi connectivity index (χ1) is 14.2. The van der Waals surface area contributed by atoms with Crippen LogP contribution >= 0.6 is 0 Å². The fourth-order valence-electron chi connectivity index (χ4n) is 3.39. The quantitative estimate of drug-likeness (QED) is 0.525. The number of fused-ring (bicyclic) bond motifs is 2. The number of methoxy groups -OCH3 is 1. The lowest BCUT2D eigenvalue weighted by Crippen LogP contribution is -2.43. The van der Waals surface area contributed by atoms with Crippen molar-refractivity contribution in [2.24, 2.45) is 0 Å².